The zero-order valence-corrected chi connectivity index (χ0v) is 12.0. The number of carbonyl (C=O) groups excluding carboxylic acids is 2. The van der Waals surface area contributed by atoms with Crippen LogP contribution in [0.2, 0.25) is 0 Å². The Morgan fingerprint density at radius 1 is 1.44 bits per heavy atom. The van der Waals surface area contributed by atoms with Crippen molar-refractivity contribution in [3.63, 3.8) is 0 Å². The van der Waals surface area contributed by atoms with Crippen molar-refractivity contribution in [1.29, 1.82) is 0 Å². The first-order valence-corrected chi connectivity index (χ1v) is 1.38. The van der Waals surface area contributed by atoms with Gasteiger partial charge in [0.25, 0.3) is 0 Å². The molecular formula is C3H4K2O4. The summed E-state index contributed by atoms with van der Waals surface area (Å²) in [4.78, 5) is 17.1. The molecule has 0 aliphatic heterocycles. The summed E-state index contributed by atoms with van der Waals surface area (Å²) in [5, 5.41) is 17.1. The third-order valence-electron chi connectivity index (χ3n) is 0. The van der Waals surface area contributed by atoms with Crippen molar-refractivity contribution in [1.82, 2.24) is 0 Å². The van der Waals surface area contributed by atoms with E-state index in [1.165, 1.54) is 0 Å². The zero-order valence-electron chi connectivity index (χ0n) is 5.71. The van der Waals surface area contributed by atoms with Gasteiger partial charge < -0.3 is 19.8 Å². The monoisotopic (exact) mass is 182 g/mol. The minimum absolute atomic E-state index is 0. The first-order chi connectivity index (χ1) is 3.15. The summed E-state index contributed by atoms with van der Waals surface area (Å²) in [6.45, 7) is 0.472. The van der Waals surface area contributed by atoms with Crippen LogP contribution in [0.5, 0.6) is 0 Å². The van der Waals surface area contributed by atoms with Crippen LogP contribution in [-0.4, -0.2) is 12.4 Å². The summed E-state index contributed by atoms with van der Waals surface area (Å²) >= 11 is 0. The molecule has 0 aromatic rings. The molecule has 0 fully saturated rings. The van der Waals surface area contributed by atoms with Gasteiger partial charge in [0.1, 0.15) is 0 Å². The topological polar surface area (TPSA) is 80.3 Å². The third kappa shape index (κ3) is 141. The molecule has 0 atom stereocenters. The Hall–Kier alpha value is 2.21. The van der Waals surface area contributed by atoms with Crippen molar-refractivity contribution < 1.29 is 123 Å². The van der Waals surface area contributed by atoms with E-state index < -0.39 is 12.4 Å². The van der Waals surface area contributed by atoms with E-state index in [0.29, 0.717) is 0 Å². The van der Waals surface area contributed by atoms with Crippen LogP contribution in [0.25, 0.3) is 0 Å². The van der Waals surface area contributed by atoms with Crippen LogP contribution in [0.4, 0.5) is 0 Å². The van der Waals surface area contributed by atoms with Crippen molar-refractivity contribution in [2.75, 3.05) is 0 Å². The normalized spacial score (nSPS) is 4.11. The maximum atomic E-state index is 8.89. The van der Waals surface area contributed by atoms with Gasteiger partial charge in [-0.25, -0.2) is 0 Å². The van der Waals surface area contributed by atoms with Crippen molar-refractivity contribution in [2.45, 2.75) is 6.92 Å². The van der Waals surface area contributed by atoms with Gasteiger partial charge in [0, 0.05) is 12.4 Å². The molecular weight excluding hydrogens is 178 g/mol. The van der Waals surface area contributed by atoms with Crippen LogP contribution in [0.3, 0.4) is 0 Å². The standard InChI is InChI=1S/C2H4O2.CH2O2.2K/c1-2(3)4;2-1-3;;/h1H3,(H,3,4);1H,(H,2,3);;/q;;2*+1/p-2. The molecule has 9 heavy (non-hydrogen) atoms. The SMILES string of the molecule is CC(=O)[O-].O=C[O-].[K+].[K+]. The average molecular weight is 182 g/mol. The Morgan fingerprint density at radius 3 is 1.44 bits per heavy atom. The summed E-state index contributed by atoms with van der Waals surface area (Å²) in [7, 11) is 0. The summed E-state index contributed by atoms with van der Waals surface area (Å²) in [6, 6.07) is 0. The number of hydrogen-bond acceptors (Lipinski definition) is 4. The maximum Gasteiger partial charge on any atom is 1.00 e. The molecule has 0 amide bonds. The van der Waals surface area contributed by atoms with Gasteiger partial charge >= 0.3 is 103 Å². The Bertz CT molecular complexity index is 60.8. The van der Waals surface area contributed by atoms with E-state index >= 15 is 0 Å². The molecule has 4 nitrogen and oxygen atoms in total. The van der Waals surface area contributed by atoms with Crippen molar-refractivity contribution in [2.24, 2.45) is 0 Å². The summed E-state index contributed by atoms with van der Waals surface area (Å²) < 4.78 is 0. The molecule has 0 heterocycles. The quantitative estimate of drug-likeness (QED) is 0.275. The molecule has 0 rings (SSSR count). The first kappa shape index (κ1) is 22.5. The van der Waals surface area contributed by atoms with Crippen molar-refractivity contribution in [3.05, 3.63) is 0 Å². The van der Waals surface area contributed by atoms with Gasteiger partial charge in [-0.05, 0) is 6.92 Å². The number of rotatable bonds is 0. The second-order valence-electron chi connectivity index (χ2n) is 0.588. The number of carboxylic acid groups (broad SMARTS) is 2. The van der Waals surface area contributed by atoms with Crippen LogP contribution < -0.4 is 113 Å². The molecule has 0 radical (unpaired) electrons. The van der Waals surface area contributed by atoms with Crippen LogP contribution in [-0.2, 0) is 9.59 Å². The predicted octanol–water partition coefficient (Wildman–Crippen LogP) is -8.87. The van der Waals surface area contributed by atoms with E-state index in [1.54, 1.807) is 0 Å². The van der Waals surface area contributed by atoms with Gasteiger partial charge in [-0.2, -0.15) is 0 Å². The van der Waals surface area contributed by atoms with Crippen molar-refractivity contribution in [3.8, 4) is 0 Å². The fourth-order valence-electron chi connectivity index (χ4n) is 0. The Labute approximate surface area is 138 Å². The molecule has 0 aliphatic rings. The largest absolute Gasteiger partial charge is 1.00 e. The second-order valence-corrected chi connectivity index (χ2v) is 0.588. The number of carbonyl (C=O) groups is 2. The summed E-state index contributed by atoms with van der Waals surface area (Å²) in [6.07, 6.45) is 0. The van der Waals surface area contributed by atoms with Gasteiger partial charge in [-0.3, -0.25) is 0 Å². The van der Waals surface area contributed by atoms with Crippen molar-refractivity contribution >= 4 is 12.4 Å². The molecule has 0 spiro atoms. The predicted molar refractivity (Wildman–Crippen MR) is 16.7 cm³/mol. The van der Waals surface area contributed by atoms with Gasteiger partial charge in [0.15, 0.2) is 0 Å². The minimum Gasteiger partial charge on any atom is -0.554 e. The number of carboxylic acids is 1. The fraction of sp³-hybridized carbons (Fsp3) is 0.333. The molecule has 42 valence electrons. The molecule has 0 aromatic carbocycles. The third-order valence-corrected chi connectivity index (χ3v) is 0. The summed E-state index contributed by atoms with van der Waals surface area (Å²) in [5.74, 6) is -1.08. The second kappa shape index (κ2) is 22.5. The molecule has 6 heteroatoms. The van der Waals surface area contributed by atoms with E-state index in [2.05, 4.69) is 0 Å². The van der Waals surface area contributed by atoms with E-state index in [0.717, 1.165) is 6.92 Å². The average Bonchev–Trinajstić information content (AvgIpc) is 1.33. The van der Waals surface area contributed by atoms with E-state index in [-0.39, 0.29) is 103 Å². The number of aliphatic carboxylic acids is 1. The van der Waals surface area contributed by atoms with Gasteiger partial charge in [-0.15, -0.1) is 0 Å². The van der Waals surface area contributed by atoms with Crippen LogP contribution in [0.1, 0.15) is 6.92 Å². The smallest absolute Gasteiger partial charge is 0.554 e. The number of hydrogen-bond donors (Lipinski definition) is 0. The molecule has 0 N–H and O–H groups in total. The fourth-order valence-corrected chi connectivity index (χ4v) is 0. The molecule has 0 aliphatic carbocycles. The Kier molecular flexibility index (Phi) is 56.1. The molecule has 0 saturated carbocycles. The maximum absolute atomic E-state index is 8.89. The van der Waals surface area contributed by atoms with Crippen LogP contribution >= 0.6 is 0 Å². The Balaban J connectivity index is -0.0000000233. The van der Waals surface area contributed by atoms with Gasteiger partial charge in [0.2, 0.25) is 0 Å². The van der Waals surface area contributed by atoms with Crippen LogP contribution in [0.15, 0.2) is 0 Å². The van der Waals surface area contributed by atoms with E-state index in [4.69, 9.17) is 19.8 Å². The minimum atomic E-state index is -1.08. The van der Waals surface area contributed by atoms with Gasteiger partial charge in [-0.1, -0.05) is 0 Å². The van der Waals surface area contributed by atoms with Gasteiger partial charge in [0.05, 0.1) is 0 Å². The van der Waals surface area contributed by atoms with Crippen LogP contribution in [0, 0.1) is 0 Å². The zero-order chi connectivity index (χ0) is 6.28. The summed E-state index contributed by atoms with van der Waals surface area (Å²) in [5.41, 5.74) is 0. The van der Waals surface area contributed by atoms with E-state index in [1.807, 2.05) is 0 Å². The van der Waals surface area contributed by atoms with E-state index in [9.17, 15) is 0 Å². The molecule has 0 bridgehead atoms. The first-order valence-electron chi connectivity index (χ1n) is 1.38. The Morgan fingerprint density at radius 2 is 1.44 bits per heavy atom. The molecule has 0 aromatic heterocycles. The molecule has 0 unspecified atom stereocenters. The molecule has 0 saturated heterocycles.